The smallest absolute Gasteiger partial charge is 0.230 e. The lowest BCUT2D eigenvalue weighted by atomic mass is 10.1. The van der Waals surface area contributed by atoms with Crippen LogP contribution in [-0.4, -0.2) is 53.4 Å². The van der Waals surface area contributed by atoms with E-state index < -0.39 is 0 Å². The number of benzene rings is 2. The van der Waals surface area contributed by atoms with E-state index in [0.717, 1.165) is 16.9 Å². The van der Waals surface area contributed by atoms with Gasteiger partial charge in [0, 0.05) is 17.7 Å². The fourth-order valence-electron chi connectivity index (χ4n) is 3.42. The molecule has 1 aliphatic heterocycles. The summed E-state index contributed by atoms with van der Waals surface area (Å²) in [5.41, 5.74) is 1.84. The van der Waals surface area contributed by atoms with Crippen LogP contribution in [0.2, 0.25) is 5.02 Å². The number of hydrogen-bond donors (Lipinski definition) is 1. The molecule has 4 rings (SSSR count). The molecule has 8 nitrogen and oxygen atoms in total. The second kappa shape index (κ2) is 10.9. The standard InChI is InChI=1S/C23H25ClN4O4S/c1-15(17-5-8-19-20(13-17)32-12-11-31-19)25-21(29)14-33-23-27-26-22(28(23)9-10-30-2)16-3-6-18(24)7-4-16/h3-8,13,15H,9-12,14H2,1-2H3,(H,25,29). The number of methoxy groups -OCH3 is 1. The molecule has 0 aliphatic carbocycles. The first kappa shape index (κ1) is 23.4. The summed E-state index contributed by atoms with van der Waals surface area (Å²) in [4.78, 5) is 12.6. The quantitative estimate of drug-likeness (QED) is 0.456. The van der Waals surface area contributed by atoms with Gasteiger partial charge in [0.1, 0.15) is 13.2 Å². The van der Waals surface area contributed by atoms with Crippen molar-refractivity contribution in [2.75, 3.05) is 32.7 Å². The number of ether oxygens (including phenoxy) is 3. The minimum Gasteiger partial charge on any atom is -0.486 e. The van der Waals surface area contributed by atoms with Crippen LogP contribution in [0, 0.1) is 0 Å². The topological polar surface area (TPSA) is 87.5 Å². The number of carbonyl (C=O) groups is 1. The van der Waals surface area contributed by atoms with E-state index in [1.807, 2.05) is 54.0 Å². The zero-order chi connectivity index (χ0) is 23.2. The Balaban J connectivity index is 1.40. The SMILES string of the molecule is COCCn1c(SCC(=O)NC(C)c2ccc3c(c2)OCCO3)nnc1-c1ccc(Cl)cc1. The molecule has 0 bridgehead atoms. The molecule has 3 aromatic rings. The lowest BCUT2D eigenvalue weighted by molar-refractivity contribution is -0.119. The van der Waals surface area contributed by atoms with Gasteiger partial charge >= 0.3 is 0 Å². The van der Waals surface area contributed by atoms with Crippen molar-refractivity contribution in [3.63, 3.8) is 0 Å². The molecule has 174 valence electrons. The van der Waals surface area contributed by atoms with Gasteiger partial charge < -0.3 is 19.5 Å². The summed E-state index contributed by atoms with van der Waals surface area (Å²) >= 11 is 7.34. The summed E-state index contributed by atoms with van der Waals surface area (Å²) in [6.07, 6.45) is 0. The van der Waals surface area contributed by atoms with Gasteiger partial charge in [0.05, 0.1) is 24.9 Å². The number of halogens is 1. The fourth-order valence-corrected chi connectivity index (χ4v) is 4.32. The van der Waals surface area contributed by atoms with E-state index in [1.54, 1.807) is 7.11 Å². The Hall–Kier alpha value is -2.75. The summed E-state index contributed by atoms with van der Waals surface area (Å²) in [7, 11) is 1.64. The number of thioether (sulfide) groups is 1. The molecule has 0 saturated heterocycles. The molecule has 33 heavy (non-hydrogen) atoms. The Labute approximate surface area is 201 Å². The van der Waals surface area contributed by atoms with Crippen molar-refractivity contribution < 1.29 is 19.0 Å². The first-order chi connectivity index (χ1) is 16.0. The predicted octanol–water partition coefficient (Wildman–Crippen LogP) is 3.99. The molecule has 0 saturated carbocycles. The van der Waals surface area contributed by atoms with E-state index in [0.29, 0.717) is 48.1 Å². The molecule has 0 fully saturated rings. The highest BCUT2D eigenvalue weighted by molar-refractivity contribution is 7.99. The number of hydrogen-bond acceptors (Lipinski definition) is 7. The van der Waals surface area contributed by atoms with Crippen LogP contribution in [-0.2, 0) is 16.1 Å². The summed E-state index contributed by atoms with van der Waals surface area (Å²) in [6.45, 7) is 4.08. The number of nitrogens with zero attached hydrogens (tertiary/aromatic N) is 3. The molecule has 1 atom stereocenters. The zero-order valence-electron chi connectivity index (χ0n) is 18.4. The summed E-state index contributed by atoms with van der Waals surface area (Å²) < 4.78 is 18.4. The molecule has 1 amide bonds. The first-order valence-electron chi connectivity index (χ1n) is 10.5. The Morgan fingerprint density at radius 2 is 1.94 bits per heavy atom. The third-order valence-electron chi connectivity index (χ3n) is 5.11. The predicted molar refractivity (Wildman–Crippen MR) is 127 cm³/mol. The van der Waals surface area contributed by atoms with Crippen molar-refractivity contribution in [3.05, 3.63) is 53.1 Å². The molecule has 0 spiro atoms. The van der Waals surface area contributed by atoms with Gasteiger partial charge in [0.15, 0.2) is 22.5 Å². The van der Waals surface area contributed by atoms with Crippen molar-refractivity contribution in [2.24, 2.45) is 0 Å². The number of fused-ring (bicyclic) bond motifs is 1. The number of nitrogens with one attached hydrogen (secondary N) is 1. The van der Waals surface area contributed by atoms with Crippen molar-refractivity contribution in [1.29, 1.82) is 0 Å². The van der Waals surface area contributed by atoms with Crippen molar-refractivity contribution in [2.45, 2.75) is 24.7 Å². The minimum atomic E-state index is -0.176. The van der Waals surface area contributed by atoms with E-state index in [-0.39, 0.29) is 17.7 Å². The number of amides is 1. The molecule has 1 N–H and O–H groups in total. The Kier molecular flexibility index (Phi) is 7.74. The molecule has 1 aliphatic rings. The lowest BCUT2D eigenvalue weighted by Crippen LogP contribution is -2.28. The monoisotopic (exact) mass is 488 g/mol. The zero-order valence-corrected chi connectivity index (χ0v) is 20.0. The van der Waals surface area contributed by atoms with Crippen LogP contribution < -0.4 is 14.8 Å². The molecule has 1 unspecified atom stereocenters. The van der Waals surface area contributed by atoms with Gasteiger partial charge in [-0.2, -0.15) is 0 Å². The number of carbonyl (C=O) groups excluding carboxylic acids is 1. The Morgan fingerprint density at radius 3 is 2.70 bits per heavy atom. The second-order valence-corrected chi connectivity index (χ2v) is 8.82. The van der Waals surface area contributed by atoms with E-state index in [4.69, 9.17) is 25.8 Å². The maximum absolute atomic E-state index is 12.6. The van der Waals surface area contributed by atoms with Crippen LogP contribution in [0.15, 0.2) is 47.6 Å². The number of rotatable bonds is 9. The van der Waals surface area contributed by atoms with E-state index in [9.17, 15) is 4.79 Å². The van der Waals surface area contributed by atoms with Gasteiger partial charge in [-0.1, -0.05) is 29.4 Å². The molecule has 2 heterocycles. The van der Waals surface area contributed by atoms with Crippen molar-refractivity contribution >= 4 is 29.3 Å². The van der Waals surface area contributed by atoms with Crippen LogP contribution in [0.4, 0.5) is 0 Å². The van der Waals surface area contributed by atoms with Crippen LogP contribution >= 0.6 is 23.4 Å². The van der Waals surface area contributed by atoms with Crippen molar-refractivity contribution in [1.82, 2.24) is 20.1 Å². The average Bonchev–Trinajstić information content (AvgIpc) is 3.24. The molecular formula is C23H25ClN4O4S. The molecule has 2 aromatic carbocycles. The fraction of sp³-hybridized carbons (Fsp3) is 0.348. The van der Waals surface area contributed by atoms with Gasteiger partial charge in [-0.25, -0.2) is 0 Å². The third-order valence-corrected chi connectivity index (χ3v) is 6.33. The van der Waals surface area contributed by atoms with E-state index in [2.05, 4.69) is 15.5 Å². The largest absolute Gasteiger partial charge is 0.486 e. The van der Waals surface area contributed by atoms with Crippen LogP contribution in [0.1, 0.15) is 18.5 Å². The van der Waals surface area contributed by atoms with Gasteiger partial charge in [-0.3, -0.25) is 9.36 Å². The third kappa shape index (κ3) is 5.79. The minimum absolute atomic E-state index is 0.100. The van der Waals surface area contributed by atoms with Crippen LogP contribution in [0.3, 0.4) is 0 Å². The van der Waals surface area contributed by atoms with E-state index >= 15 is 0 Å². The Bertz CT molecular complexity index is 1110. The highest BCUT2D eigenvalue weighted by Crippen LogP contribution is 2.32. The average molecular weight is 489 g/mol. The van der Waals surface area contributed by atoms with Gasteiger partial charge in [0.2, 0.25) is 5.91 Å². The number of aromatic nitrogens is 3. The molecule has 10 heteroatoms. The van der Waals surface area contributed by atoms with E-state index in [1.165, 1.54) is 11.8 Å². The van der Waals surface area contributed by atoms with Gasteiger partial charge in [-0.05, 0) is 48.9 Å². The van der Waals surface area contributed by atoms with Crippen LogP contribution in [0.5, 0.6) is 11.5 Å². The molecular weight excluding hydrogens is 464 g/mol. The summed E-state index contributed by atoms with van der Waals surface area (Å²) in [5, 5.41) is 13.0. The molecule has 1 aromatic heterocycles. The molecule has 0 radical (unpaired) electrons. The van der Waals surface area contributed by atoms with Crippen molar-refractivity contribution in [3.8, 4) is 22.9 Å². The first-order valence-corrected chi connectivity index (χ1v) is 11.9. The summed E-state index contributed by atoms with van der Waals surface area (Å²) in [5.74, 6) is 2.25. The normalized spacial score (nSPS) is 13.5. The Morgan fingerprint density at radius 1 is 1.18 bits per heavy atom. The van der Waals surface area contributed by atoms with Crippen LogP contribution in [0.25, 0.3) is 11.4 Å². The second-order valence-electron chi connectivity index (χ2n) is 7.44. The highest BCUT2D eigenvalue weighted by atomic mass is 35.5. The lowest BCUT2D eigenvalue weighted by Gasteiger charge is -2.21. The van der Waals surface area contributed by atoms with Gasteiger partial charge in [-0.15, -0.1) is 10.2 Å². The van der Waals surface area contributed by atoms with Gasteiger partial charge in [0.25, 0.3) is 0 Å². The maximum atomic E-state index is 12.6. The summed E-state index contributed by atoms with van der Waals surface area (Å²) in [6, 6.07) is 13.0. The highest BCUT2D eigenvalue weighted by Gasteiger charge is 2.18. The maximum Gasteiger partial charge on any atom is 0.230 e.